The van der Waals surface area contributed by atoms with Gasteiger partial charge >= 0.3 is 0 Å². The molecule has 1 heterocycles. The highest BCUT2D eigenvalue weighted by molar-refractivity contribution is 9.10. The fourth-order valence-corrected chi connectivity index (χ4v) is 1.73. The van der Waals surface area contributed by atoms with E-state index >= 15 is 0 Å². The highest BCUT2D eigenvalue weighted by atomic mass is 79.9. The SMILES string of the molecule is COc1cc2[nH]nc(Br)c(=O)c2cc1OC. The van der Waals surface area contributed by atoms with E-state index in [4.69, 9.17) is 9.47 Å². The number of ether oxygens (including phenoxy) is 2. The number of fused-ring (bicyclic) bond motifs is 1. The molecule has 0 aliphatic carbocycles. The second kappa shape index (κ2) is 4.13. The summed E-state index contributed by atoms with van der Waals surface area (Å²) in [7, 11) is 3.06. The fraction of sp³-hybridized carbons (Fsp3) is 0.200. The molecule has 0 saturated carbocycles. The van der Waals surface area contributed by atoms with E-state index in [0.717, 1.165) is 0 Å². The normalized spacial score (nSPS) is 10.4. The topological polar surface area (TPSA) is 64.2 Å². The van der Waals surface area contributed by atoms with Gasteiger partial charge in [0.05, 0.1) is 25.1 Å². The van der Waals surface area contributed by atoms with Gasteiger partial charge in [-0.25, -0.2) is 0 Å². The van der Waals surface area contributed by atoms with Crippen molar-refractivity contribution in [3.8, 4) is 11.5 Å². The molecule has 16 heavy (non-hydrogen) atoms. The van der Waals surface area contributed by atoms with Crippen molar-refractivity contribution in [1.29, 1.82) is 0 Å². The van der Waals surface area contributed by atoms with Crippen molar-refractivity contribution in [2.75, 3.05) is 14.2 Å². The van der Waals surface area contributed by atoms with Crippen molar-refractivity contribution in [3.63, 3.8) is 0 Å². The Hall–Kier alpha value is -1.56. The molecule has 2 rings (SSSR count). The summed E-state index contributed by atoms with van der Waals surface area (Å²) in [5.74, 6) is 1.06. The van der Waals surface area contributed by atoms with Gasteiger partial charge in [-0.15, -0.1) is 0 Å². The third-order valence-electron chi connectivity index (χ3n) is 2.23. The summed E-state index contributed by atoms with van der Waals surface area (Å²) >= 11 is 3.07. The Morgan fingerprint density at radius 3 is 2.50 bits per heavy atom. The number of halogens is 1. The Morgan fingerprint density at radius 1 is 1.25 bits per heavy atom. The zero-order chi connectivity index (χ0) is 11.7. The van der Waals surface area contributed by atoms with Crippen molar-refractivity contribution in [1.82, 2.24) is 10.2 Å². The summed E-state index contributed by atoms with van der Waals surface area (Å²) in [4.78, 5) is 11.8. The smallest absolute Gasteiger partial charge is 0.222 e. The summed E-state index contributed by atoms with van der Waals surface area (Å²) in [6.07, 6.45) is 0. The van der Waals surface area contributed by atoms with E-state index in [1.165, 1.54) is 14.2 Å². The Balaban J connectivity index is 2.84. The van der Waals surface area contributed by atoms with Crippen molar-refractivity contribution in [3.05, 3.63) is 27.0 Å². The van der Waals surface area contributed by atoms with Crippen LogP contribution in [0.3, 0.4) is 0 Å². The molecule has 0 unspecified atom stereocenters. The summed E-state index contributed by atoms with van der Waals surface area (Å²) in [5.41, 5.74) is 0.417. The summed E-state index contributed by atoms with van der Waals surface area (Å²) < 4.78 is 10.5. The van der Waals surface area contributed by atoms with Crippen LogP contribution >= 0.6 is 15.9 Å². The Bertz CT molecular complexity index is 594. The van der Waals surface area contributed by atoms with E-state index < -0.39 is 0 Å². The molecular weight excluding hydrogens is 276 g/mol. The van der Waals surface area contributed by atoms with Crippen molar-refractivity contribution < 1.29 is 9.47 Å². The van der Waals surface area contributed by atoms with E-state index in [2.05, 4.69) is 26.1 Å². The van der Waals surface area contributed by atoms with E-state index in [1.54, 1.807) is 12.1 Å². The van der Waals surface area contributed by atoms with Gasteiger partial charge in [0, 0.05) is 6.07 Å². The number of hydrogen-bond acceptors (Lipinski definition) is 4. The highest BCUT2D eigenvalue weighted by Crippen LogP contribution is 2.29. The van der Waals surface area contributed by atoms with Crippen LogP contribution in [0.15, 0.2) is 21.5 Å². The molecule has 0 fully saturated rings. The molecule has 0 saturated heterocycles. The number of nitrogens with zero attached hydrogens (tertiary/aromatic N) is 1. The summed E-state index contributed by atoms with van der Waals surface area (Å²) in [6.45, 7) is 0. The quantitative estimate of drug-likeness (QED) is 0.912. The maximum atomic E-state index is 11.8. The average molecular weight is 285 g/mol. The predicted molar refractivity (Wildman–Crippen MR) is 63.2 cm³/mol. The van der Waals surface area contributed by atoms with Crippen LogP contribution in [0, 0.1) is 0 Å². The van der Waals surface area contributed by atoms with Crippen LogP contribution in [0.2, 0.25) is 0 Å². The third-order valence-corrected chi connectivity index (χ3v) is 2.77. The number of nitrogens with one attached hydrogen (secondary N) is 1. The van der Waals surface area contributed by atoms with Gasteiger partial charge in [0.25, 0.3) is 0 Å². The number of aromatic nitrogens is 2. The molecule has 0 atom stereocenters. The lowest BCUT2D eigenvalue weighted by molar-refractivity contribution is 0.355. The Labute approximate surface area is 99.5 Å². The van der Waals surface area contributed by atoms with Crippen LogP contribution in [0.25, 0.3) is 10.9 Å². The van der Waals surface area contributed by atoms with Gasteiger partial charge in [-0.3, -0.25) is 9.89 Å². The molecule has 1 N–H and O–H groups in total. The third kappa shape index (κ3) is 1.65. The van der Waals surface area contributed by atoms with E-state index in [-0.39, 0.29) is 10.0 Å². The highest BCUT2D eigenvalue weighted by Gasteiger charge is 2.10. The van der Waals surface area contributed by atoms with E-state index in [9.17, 15) is 4.79 Å². The molecule has 0 spiro atoms. The standard InChI is InChI=1S/C10H9BrN2O3/c1-15-7-3-5-6(4-8(7)16-2)12-13-10(11)9(5)14/h3-4H,1-2H3,(H,12,14). The molecule has 1 aromatic carbocycles. The number of hydrogen-bond donors (Lipinski definition) is 1. The van der Waals surface area contributed by atoms with E-state index in [1.807, 2.05) is 0 Å². The van der Waals surface area contributed by atoms with Crippen LogP contribution in [0.1, 0.15) is 0 Å². The van der Waals surface area contributed by atoms with Crippen LogP contribution < -0.4 is 14.9 Å². The predicted octanol–water partition coefficient (Wildman–Crippen LogP) is 1.70. The number of methoxy groups -OCH3 is 2. The van der Waals surface area contributed by atoms with Crippen molar-refractivity contribution in [2.45, 2.75) is 0 Å². The van der Waals surface area contributed by atoms with Gasteiger partial charge in [-0.2, -0.15) is 5.10 Å². The Kier molecular flexibility index (Phi) is 2.82. The molecule has 5 nitrogen and oxygen atoms in total. The number of aromatic amines is 1. The lowest BCUT2D eigenvalue weighted by Crippen LogP contribution is -2.07. The molecule has 0 bridgehead atoms. The van der Waals surface area contributed by atoms with Gasteiger partial charge < -0.3 is 9.47 Å². The van der Waals surface area contributed by atoms with Gasteiger partial charge in [0.15, 0.2) is 16.1 Å². The van der Waals surface area contributed by atoms with Gasteiger partial charge in [0.2, 0.25) is 5.43 Å². The zero-order valence-electron chi connectivity index (χ0n) is 8.70. The minimum atomic E-state index is -0.185. The minimum absolute atomic E-state index is 0.185. The average Bonchev–Trinajstić information content (AvgIpc) is 2.32. The zero-order valence-corrected chi connectivity index (χ0v) is 10.3. The van der Waals surface area contributed by atoms with Gasteiger partial charge in [0.1, 0.15) is 0 Å². The van der Waals surface area contributed by atoms with Crippen LogP contribution in [0.4, 0.5) is 0 Å². The molecule has 0 amide bonds. The molecule has 0 aliphatic heterocycles. The second-order valence-corrected chi connectivity index (χ2v) is 3.85. The van der Waals surface area contributed by atoms with Gasteiger partial charge in [-0.1, -0.05) is 0 Å². The largest absolute Gasteiger partial charge is 0.493 e. The molecular formula is C10H9BrN2O3. The Morgan fingerprint density at radius 2 is 1.88 bits per heavy atom. The first kappa shape index (κ1) is 10.9. The van der Waals surface area contributed by atoms with Crippen LogP contribution in [-0.4, -0.2) is 24.4 Å². The molecule has 6 heteroatoms. The van der Waals surface area contributed by atoms with Crippen LogP contribution in [-0.2, 0) is 0 Å². The molecule has 0 aliphatic rings. The van der Waals surface area contributed by atoms with Crippen molar-refractivity contribution in [2.24, 2.45) is 0 Å². The van der Waals surface area contributed by atoms with E-state index in [0.29, 0.717) is 22.4 Å². The molecule has 2 aromatic rings. The minimum Gasteiger partial charge on any atom is -0.493 e. The summed E-state index contributed by atoms with van der Waals surface area (Å²) in [5, 5.41) is 7.07. The van der Waals surface area contributed by atoms with Crippen molar-refractivity contribution >= 4 is 26.8 Å². The lowest BCUT2D eigenvalue weighted by atomic mass is 10.2. The lowest BCUT2D eigenvalue weighted by Gasteiger charge is -2.08. The molecule has 84 valence electrons. The number of H-pyrrole nitrogens is 1. The monoisotopic (exact) mass is 284 g/mol. The number of benzene rings is 1. The maximum absolute atomic E-state index is 11.8. The molecule has 1 aromatic heterocycles. The molecule has 0 radical (unpaired) electrons. The van der Waals surface area contributed by atoms with Crippen LogP contribution in [0.5, 0.6) is 11.5 Å². The first-order chi connectivity index (χ1) is 7.67. The number of rotatable bonds is 2. The fourth-order valence-electron chi connectivity index (χ4n) is 1.43. The summed E-state index contributed by atoms with van der Waals surface area (Å²) in [6, 6.07) is 3.30. The maximum Gasteiger partial charge on any atom is 0.222 e. The first-order valence-electron chi connectivity index (χ1n) is 4.47. The second-order valence-electron chi connectivity index (χ2n) is 3.10. The first-order valence-corrected chi connectivity index (χ1v) is 5.26. The van der Waals surface area contributed by atoms with Gasteiger partial charge in [-0.05, 0) is 22.0 Å².